The van der Waals surface area contributed by atoms with Crippen LogP contribution in [0.4, 0.5) is 9.52 Å². The maximum Gasteiger partial charge on any atom is 0.224 e. The zero-order valence-electron chi connectivity index (χ0n) is 13.9. The summed E-state index contributed by atoms with van der Waals surface area (Å²) in [6.07, 6.45) is 3.52. The molecule has 4 nitrogen and oxygen atoms in total. The van der Waals surface area contributed by atoms with E-state index in [1.54, 1.807) is 18.3 Å². The van der Waals surface area contributed by atoms with Crippen molar-refractivity contribution in [2.45, 2.75) is 32.6 Å². The van der Waals surface area contributed by atoms with E-state index in [4.69, 9.17) is 5.73 Å². The summed E-state index contributed by atoms with van der Waals surface area (Å²) in [7, 11) is 0. The number of benzene rings is 1. The molecular weight excluding hydrogens is 325 g/mol. The molecule has 3 N–H and O–H groups in total. The standard InChI is InChI=1S/C18H22FN3OS/c1-18(2)14(11-5-7-12(19)8-6-11)15(18)16(23)21-9-3-4-13-10-22-17(20)24-13/h5-8,10,14-15H,3-4,9H2,1-2H3,(H2,20,22)(H,21,23). The molecule has 1 saturated carbocycles. The minimum absolute atomic E-state index is 0.0537. The second kappa shape index (κ2) is 6.51. The van der Waals surface area contributed by atoms with Gasteiger partial charge in [0.15, 0.2) is 5.13 Å². The van der Waals surface area contributed by atoms with Crippen LogP contribution in [0.3, 0.4) is 0 Å². The van der Waals surface area contributed by atoms with Crippen LogP contribution in [0.5, 0.6) is 0 Å². The molecule has 6 heteroatoms. The smallest absolute Gasteiger partial charge is 0.224 e. The van der Waals surface area contributed by atoms with E-state index >= 15 is 0 Å². The Hall–Kier alpha value is -1.95. The molecule has 128 valence electrons. The van der Waals surface area contributed by atoms with Gasteiger partial charge in [-0.15, -0.1) is 11.3 Å². The van der Waals surface area contributed by atoms with Gasteiger partial charge < -0.3 is 11.1 Å². The van der Waals surface area contributed by atoms with E-state index < -0.39 is 0 Å². The number of nitrogens with zero attached hydrogens (tertiary/aromatic N) is 1. The minimum atomic E-state index is -0.248. The molecule has 0 bridgehead atoms. The SMILES string of the molecule is CC1(C)C(C(=O)NCCCc2cnc(N)s2)C1c1ccc(F)cc1. The van der Waals surface area contributed by atoms with E-state index in [-0.39, 0.29) is 29.0 Å². The fraction of sp³-hybridized carbons (Fsp3) is 0.444. The number of nitrogens with two attached hydrogens (primary N) is 1. The monoisotopic (exact) mass is 347 g/mol. The van der Waals surface area contributed by atoms with E-state index in [1.165, 1.54) is 23.5 Å². The lowest BCUT2D eigenvalue weighted by molar-refractivity contribution is -0.123. The molecular formula is C18H22FN3OS. The van der Waals surface area contributed by atoms with Gasteiger partial charge in [0, 0.05) is 23.5 Å². The van der Waals surface area contributed by atoms with Crippen molar-refractivity contribution in [3.63, 3.8) is 0 Å². The Morgan fingerprint density at radius 3 is 2.71 bits per heavy atom. The Kier molecular flexibility index (Phi) is 4.58. The number of carbonyl (C=O) groups excluding carboxylic acids is 1. The third-order valence-corrected chi connectivity index (χ3v) is 5.70. The van der Waals surface area contributed by atoms with Crippen LogP contribution in [0.2, 0.25) is 0 Å². The van der Waals surface area contributed by atoms with Gasteiger partial charge in [0.1, 0.15) is 5.82 Å². The number of nitrogen functional groups attached to an aromatic ring is 1. The minimum Gasteiger partial charge on any atom is -0.375 e. The Labute approximate surface area is 145 Å². The van der Waals surface area contributed by atoms with Crippen LogP contribution >= 0.6 is 11.3 Å². The predicted octanol–water partition coefficient (Wildman–Crippen LogP) is 3.35. The van der Waals surface area contributed by atoms with Gasteiger partial charge in [-0.3, -0.25) is 4.79 Å². The van der Waals surface area contributed by atoms with Crippen LogP contribution in [0.15, 0.2) is 30.5 Å². The van der Waals surface area contributed by atoms with Gasteiger partial charge in [-0.25, -0.2) is 9.37 Å². The first-order chi connectivity index (χ1) is 11.4. The Balaban J connectivity index is 1.50. The van der Waals surface area contributed by atoms with Crippen LogP contribution in [0.25, 0.3) is 0 Å². The summed E-state index contributed by atoms with van der Waals surface area (Å²) in [6, 6.07) is 6.48. The lowest BCUT2D eigenvalue weighted by Crippen LogP contribution is -2.28. The van der Waals surface area contributed by atoms with Crippen molar-refractivity contribution in [1.29, 1.82) is 0 Å². The van der Waals surface area contributed by atoms with Crippen molar-refractivity contribution in [3.05, 3.63) is 46.7 Å². The normalized spacial score (nSPS) is 21.5. The molecule has 0 radical (unpaired) electrons. The fourth-order valence-electron chi connectivity index (χ4n) is 3.44. The summed E-state index contributed by atoms with van der Waals surface area (Å²) >= 11 is 1.49. The number of anilines is 1. The predicted molar refractivity (Wildman–Crippen MR) is 94.3 cm³/mol. The number of halogens is 1. The topological polar surface area (TPSA) is 68.0 Å². The first kappa shape index (κ1) is 16.9. The molecule has 2 atom stereocenters. The molecule has 1 aromatic heterocycles. The first-order valence-electron chi connectivity index (χ1n) is 8.13. The Morgan fingerprint density at radius 2 is 2.08 bits per heavy atom. The van der Waals surface area contributed by atoms with Crippen molar-refractivity contribution >= 4 is 22.4 Å². The number of aryl methyl sites for hydroxylation is 1. The van der Waals surface area contributed by atoms with Crippen molar-refractivity contribution in [1.82, 2.24) is 10.3 Å². The highest BCUT2D eigenvalue weighted by atomic mass is 32.1. The van der Waals surface area contributed by atoms with E-state index in [1.807, 2.05) is 0 Å². The summed E-state index contributed by atoms with van der Waals surface area (Å²) in [4.78, 5) is 17.6. The zero-order chi connectivity index (χ0) is 17.3. The molecule has 1 heterocycles. The molecule has 1 aliphatic carbocycles. The molecule has 3 rings (SSSR count). The fourth-order valence-corrected chi connectivity index (χ4v) is 4.17. The zero-order valence-corrected chi connectivity index (χ0v) is 14.7. The molecule has 24 heavy (non-hydrogen) atoms. The molecule has 0 saturated heterocycles. The van der Waals surface area contributed by atoms with Crippen LogP contribution < -0.4 is 11.1 Å². The molecule has 1 aromatic carbocycles. The van der Waals surface area contributed by atoms with Crippen molar-refractivity contribution in [3.8, 4) is 0 Å². The molecule has 1 aliphatic rings. The maximum absolute atomic E-state index is 13.1. The van der Waals surface area contributed by atoms with Gasteiger partial charge in [-0.2, -0.15) is 0 Å². The highest BCUT2D eigenvalue weighted by molar-refractivity contribution is 7.15. The molecule has 2 aromatic rings. The maximum atomic E-state index is 13.1. The lowest BCUT2D eigenvalue weighted by atomic mass is 10.0. The Bertz CT molecular complexity index is 726. The van der Waals surface area contributed by atoms with Crippen LogP contribution in [-0.4, -0.2) is 17.4 Å². The number of amides is 1. The molecule has 1 amide bonds. The highest BCUT2D eigenvalue weighted by Gasteiger charge is 2.62. The molecule has 2 unspecified atom stereocenters. The largest absolute Gasteiger partial charge is 0.375 e. The van der Waals surface area contributed by atoms with Crippen molar-refractivity contribution in [2.75, 3.05) is 12.3 Å². The lowest BCUT2D eigenvalue weighted by Gasteiger charge is -2.05. The van der Waals surface area contributed by atoms with Gasteiger partial charge in [-0.05, 0) is 36.0 Å². The van der Waals surface area contributed by atoms with E-state index in [0.29, 0.717) is 11.7 Å². The number of nitrogens with one attached hydrogen (secondary N) is 1. The first-order valence-corrected chi connectivity index (χ1v) is 8.94. The third-order valence-electron chi connectivity index (χ3n) is 4.81. The summed E-state index contributed by atoms with van der Waals surface area (Å²) in [5.41, 5.74) is 6.54. The molecule has 0 spiro atoms. The number of rotatable bonds is 6. The third kappa shape index (κ3) is 3.43. The summed E-state index contributed by atoms with van der Waals surface area (Å²) < 4.78 is 13.1. The average Bonchev–Trinajstić information content (AvgIpc) is 2.87. The van der Waals surface area contributed by atoms with Gasteiger partial charge >= 0.3 is 0 Å². The Morgan fingerprint density at radius 1 is 1.38 bits per heavy atom. The second-order valence-electron chi connectivity index (χ2n) is 6.89. The second-order valence-corrected chi connectivity index (χ2v) is 8.03. The number of thiazole rings is 1. The van der Waals surface area contributed by atoms with E-state index in [9.17, 15) is 9.18 Å². The van der Waals surface area contributed by atoms with Crippen LogP contribution in [0.1, 0.15) is 36.6 Å². The van der Waals surface area contributed by atoms with E-state index in [0.717, 1.165) is 23.3 Å². The number of hydrogen-bond acceptors (Lipinski definition) is 4. The van der Waals surface area contributed by atoms with E-state index in [2.05, 4.69) is 24.1 Å². The van der Waals surface area contributed by atoms with Crippen molar-refractivity contribution < 1.29 is 9.18 Å². The number of aromatic nitrogens is 1. The summed E-state index contributed by atoms with van der Waals surface area (Å²) in [5, 5.41) is 3.61. The number of hydrogen-bond donors (Lipinski definition) is 2. The number of carbonyl (C=O) groups is 1. The summed E-state index contributed by atoms with van der Waals surface area (Å²) in [5.74, 6) is -0.0681. The quantitative estimate of drug-likeness (QED) is 0.788. The molecule has 1 fully saturated rings. The van der Waals surface area contributed by atoms with Gasteiger partial charge in [0.2, 0.25) is 5.91 Å². The van der Waals surface area contributed by atoms with Gasteiger partial charge in [0.05, 0.1) is 5.92 Å². The van der Waals surface area contributed by atoms with Gasteiger partial charge in [-0.1, -0.05) is 26.0 Å². The van der Waals surface area contributed by atoms with Gasteiger partial charge in [0.25, 0.3) is 0 Å². The van der Waals surface area contributed by atoms with Crippen LogP contribution in [0, 0.1) is 17.2 Å². The summed E-state index contributed by atoms with van der Waals surface area (Å²) in [6.45, 7) is 4.82. The van der Waals surface area contributed by atoms with Crippen molar-refractivity contribution in [2.24, 2.45) is 11.3 Å². The molecule has 0 aliphatic heterocycles. The van der Waals surface area contributed by atoms with Crippen LogP contribution in [-0.2, 0) is 11.2 Å². The average molecular weight is 347 g/mol. The highest BCUT2D eigenvalue weighted by Crippen LogP contribution is 2.64.